The molecule has 0 spiro atoms. The number of fused-ring (bicyclic) bond motifs is 1. The maximum Gasteiger partial charge on any atom is 0.0491 e. The van der Waals surface area contributed by atoms with E-state index in [0.717, 1.165) is 17.0 Å². The minimum Gasteiger partial charge on any atom is -0.343 e. The van der Waals surface area contributed by atoms with Gasteiger partial charge in [-0.2, -0.15) is 0 Å². The molecule has 0 aliphatic heterocycles. The average molecular weight is 319 g/mol. The van der Waals surface area contributed by atoms with Crippen LogP contribution in [0.25, 0.3) is 10.9 Å². The van der Waals surface area contributed by atoms with Gasteiger partial charge in [-0.1, -0.05) is 35.3 Å². The summed E-state index contributed by atoms with van der Waals surface area (Å²) >= 11 is 12.3. The second-order valence-electron chi connectivity index (χ2n) is 5.07. The Kier molecular flexibility index (Phi) is 4.20. The van der Waals surface area contributed by atoms with Crippen LogP contribution in [0.15, 0.2) is 48.7 Å². The molecule has 0 aliphatic carbocycles. The lowest BCUT2D eigenvalue weighted by Gasteiger charge is -2.09. The van der Waals surface area contributed by atoms with Gasteiger partial charge in [-0.3, -0.25) is 0 Å². The first-order valence-corrected chi connectivity index (χ1v) is 7.65. The van der Waals surface area contributed by atoms with Crippen LogP contribution in [0.5, 0.6) is 0 Å². The lowest BCUT2D eigenvalue weighted by Crippen LogP contribution is -2.03. The second kappa shape index (κ2) is 6.10. The van der Waals surface area contributed by atoms with Crippen LogP contribution in [0.2, 0.25) is 10.0 Å². The minimum absolute atomic E-state index is 0.657. The predicted octanol–water partition coefficient (Wildman–Crippen LogP) is 4.50. The number of halogens is 2. The molecule has 0 saturated heterocycles. The summed E-state index contributed by atoms with van der Waals surface area (Å²) in [5.74, 6) is 0. The van der Waals surface area contributed by atoms with Gasteiger partial charge in [-0.25, -0.2) is 0 Å². The third-order valence-electron chi connectivity index (χ3n) is 3.67. The molecule has 2 nitrogen and oxygen atoms in total. The van der Waals surface area contributed by atoms with E-state index >= 15 is 0 Å². The zero-order valence-corrected chi connectivity index (χ0v) is 13.0. The molecule has 4 heteroatoms. The van der Waals surface area contributed by atoms with Gasteiger partial charge in [0.25, 0.3) is 0 Å². The molecule has 0 atom stereocenters. The van der Waals surface area contributed by atoms with Crippen LogP contribution < -0.4 is 5.73 Å². The molecule has 21 heavy (non-hydrogen) atoms. The number of nitrogens with two attached hydrogens (primary N) is 1. The van der Waals surface area contributed by atoms with E-state index in [0.29, 0.717) is 18.1 Å². The van der Waals surface area contributed by atoms with Gasteiger partial charge in [-0.15, -0.1) is 0 Å². The van der Waals surface area contributed by atoms with Gasteiger partial charge in [0.2, 0.25) is 0 Å². The van der Waals surface area contributed by atoms with E-state index in [2.05, 4.69) is 35.0 Å². The summed E-state index contributed by atoms with van der Waals surface area (Å²) < 4.78 is 2.19. The van der Waals surface area contributed by atoms with Crippen LogP contribution in [0.1, 0.15) is 11.1 Å². The van der Waals surface area contributed by atoms with E-state index in [-0.39, 0.29) is 0 Å². The Morgan fingerprint density at radius 1 is 1.00 bits per heavy atom. The zero-order chi connectivity index (χ0) is 14.8. The molecule has 1 aromatic heterocycles. The maximum atomic E-state index is 6.26. The quantitative estimate of drug-likeness (QED) is 0.754. The Labute approximate surface area is 134 Å². The fourth-order valence-corrected chi connectivity index (χ4v) is 3.02. The Morgan fingerprint density at radius 2 is 1.86 bits per heavy atom. The minimum atomic E-state index is 0.657. The molecular formula is C17H16Cl2N2. The maximum absolute atomic E-state index is 6.26. The van der Waals surface area contributed by atoms with Gasteiger partial charge in [-0.05, 0) is 54.4 Å². The molecule has 0 amide bonds. The molecule has 3 aromatic rings. The lowest BCUT2D eigenvalue weighted by molar-refractivity contribution is 0.837. The summed E-state index contributed by atoms with van der Waals surface area (Å²) in [7, 11) is 0. The van der Waals surface area contributed by atoms with Gasteiger partial charge < -0.3 is 10.3 Å². The van der Waals surface area contributed by atoms with E-state index in [1.807, 2.05) is 12.1 Å². The Hall–Kier alpha value is -1.48. The highest BCUT2D eigenvalue weighted by atomic mass is 35.5. The highest BCUT2D eigenvalue weighted by molar-refractivity contribution is 6.33. The van der Waals surface area contributed by atoms with Gasteiger partial charge in [0.1, 0.15) is 0 Å². The number of benzene rings is 2. The summed E-state index contributed by atoms with van der Waals surface area (Å²) in [6.07, 6.45) is 2.97. The summed E-state index contributed by atoms with van der Waals surface area (Å²) in [6.45, 7) is 1.36. The van der Waals surface area contributed by atoms with Crippen LogP contribution in [-0.4, -0.2) is 11.1 Å². The third-order valence-corrected chi connectivity index (χ3v) is 4.27. The van der Waals surface area contributed by atoms with Crippen molar-refractivity contribution < 1.29 is 0 Å². The fraction of sp³-hybridized carbons (Fsp3) is 0.176. The molecule has 0 bridgehead atoms. The first-order valence-electron chi connectivity index (χ1n) is 6.90. The van der Waals surface area contributed by atoms with Crippen molar-refractivity contribution in [2.45, 2.75) is 13.0 Å². The SMILES string of the molecule is NCCc1cccc2c1ccn2Cc1cc(Cl)ccc1Cl. The molecule has 1 heterocycles. The first kappa shape index (κ1) is 14.5. The molecule has 0 saturated carbocycles. The lowest BCUT2D eigenvalue weighted by atomic mass is 10.1. The highest BCUT2D eigenvalue weighted by Crippen LogP contribution is 2.25. The van der Waals surface area contributed by atoms with Crippen molar-refractivity contribution in [2.24, 2.45) is 5.73 Å². The van der Waals surface area contributed by atoms with E-state index < -0.39 is 0 Å². The Morgan fingerprint density at radius 3 is 2.67 bits per heavy atom. The molecule has 108 valence electrons. The monoisotopic (exact) mass is 318 g/mol. The molecule has 0 fully saturated rings. The van der Waals surface area contributed by atoms with Gasteiger partial charge in [0, 0.05) is 33.7 Å². The topological polar surface area (TPSA) is 30.9 Å². The van der Waals surface area contributed by atoms with Crippen LogP contribution in [0, 0.1) is 0 Å². The smallest absolute Gasteiger partial charge is 0.0491 e. The van der Waals surface area contributed by atoms with Crippen molar-refractivity contribution >= 4 is 34.1 Å². The van der Waals surface area contributed by atoms with Crippen molar-refractivity contribution in [3.8, 4) is 0 Å². The second-order valence-corrected chi connectivity index (χ2v) is 5.91. The van der Waals surface area contributed by atoms with Crippen molar-refractivity contribution in [3.63, 3.8) is 0 Å². The fourth-order valence-electron chi connectivity index (χ4n) is 2.65. The summed E-state index contributed by atoms with van der Waals surface area (Å²) in [5.41, 5.74) is 9.17. The van der Waals surface area contributed by atoms with Crippen molar-refractivity contribution in [2.75, 3.05) is 6.54 Å². The summed E-state index contributed by atoms with van der Waals surface area (Å²) in [6, 6.07) is 14.0. The standard InChI is InChI=1S/C17H16Cl2N2/c18-14-4-5-16(19)13(10-14)11-21-9-7-15-12(6-8-20)2-1-3-17(15)21/h1-5,7,9-10H,6,8,11,20H2. The van der Waals surface area contributed by atoms with Crippen molar-refractivity contribution in [1.82, 2.24) is 4.57 Å². The molecule has 0 radical (unpaired) electrons. The third kappa shape index (κ3) is 2.93. The molecule has 2 aromatic carbocycles. The molecule has 2 N–H and O–H groups in total. The average Bonchev–Trinajstić information content (AvgIpc) is 2.88. The normalized spacial score (nSPS) is 11.2. The van der Waals surface area contributed by atoms with Crippen LogP contribution in [0.3, 0.4) is 0 Å². The van der Waals surface area contributed by atoms with Crippen LogP contribution in [0.4, 0.5) is 0 Å². The molecule has 0 aliphatic rings. The molecule has 0 unspecified atom stereocenters. The molecule has 3 rings (SSSR count). The Balaban J connectivity index is 2.01. The Bertz CT molecular complexity index is 778. The van der Waals surface area contributed by atoms with Crippen molar-refractivity contribution in [3.05, 3.63) is 69.8 Å². The van der Waals surface area contributed by atoms with E-state index in [1.54, 1.807) is 6.07 Å². The van der Waals surface area contributed by atoms with Gasteiger partial charge >= 0.3 is 0 Å². The number of nitrogens with zero attached hydrogens (tertiary/aromatic N) is 1. The van der Waals surface area contributed by atoms with E-state index in [4.69, 9.17) is 28.9 Å². The van der Waals surface area contributed by atoms with E-state index in [1.165, 1.54) is 16.5 Å². The van der Waals surface area contributed by atoms with Crippen LogP contribution >= 0.6 is 23.2 Å². The van der Waals surface area contributed by atoms with Crippen LogP contribution in [-0.2, 0) is 13.0 Å². The largest absolute Gasteiger partial charge is 0.343 e. The number of rotatable bonds is 4. The highest BCUT2D eigenvalue weighted by Gasteiger charge is 2.08. The van der Waals surface area contributed by atoms with E-state index in [9.17, 15) is 0 Å². The number of aromatic nitrogens is 1. The van der Waals surface area contributed by atoms with Gasteiger partial charge in [0.05, 0.1) is 0 Å². The first-order chi connectivity index (χ1) is 10.2. The summed E-state index contributed by atoms with van der Waals surface area (Å²) in [5, 5.41) is 2.69. The summed E-state index contributed by atoms with van der Waals surface area (Å²) in [4.78, 5) is 0. The zero-order valence-electron chi connectivity index (χ0n) is 11.5. The predicted molar refractivity (Wildman–Crippen MR) is 90.3 cm³/mol. The number of hydrogen-bond acceptors (Lipinski definition) is 1. The molecular weight excluding hydrogens is 303 g/mol. The van der Waals surface area contributed by atoms with Gasteiger partial charge in [0.15, 0.2) is 0 Å². The number of hydrogen-bond donors (Lipinski definition) is 1. The van der Waals surface area contributed by atoms with Crippen molar-refractivity contribution in [1.29, 1.82) is 0 Å².